The molecule has 0 aliphatic heterocycles. The zero-order valence-corrected chi connectivity index (χ0v) is 17.7. The van der Waals surface area contributed by atoms with Gasteiger partial charge in [-0.3, -0.25) is 10.1 Å². The Labute approximate surface area is 166 Å². The van der Waals surface area contributed by atoms with Crippen LogP contribution in [0.4, 0.5) is 5.69 Å². The maximum Gasteiger partial charge on any atom is 1.00 e. The van der Waals surface area contributed by atoms with Gasteiger partial charge >= 0.3 is 29.6 Å². The molecule has 128 valence electrons. The minimum Gasteiger partial charge on any atom is -1.00 e. The third-order valence-corrected chi connectivity index (χ3v) is 4.44. The maximum atomic E-state index is 10.4. The van der Waals surface area contributed by atoms with Gasteiger partial charge in [-0.15, -0.1) is 0 Å². The number of hydrogen-bond donors (Lipinski definition) is 0. The molecule has 0 atom stereocenters. The Morgan fingerprint density at radius 3 is 1.83 bits per heavy atom. The van der Waals surface area contributed by atoms with Crippen molar-refractivity contribution >= 4 is 15.8 Å². The largest absolute Gasteiger partial charge is 1.00 e. The van der Waals surface area contributed by atoms with Gasteiger partial charge in [-0.2, -0.15) is 0 Å². The van der Waals surface area contributed by atoms with E-state index in [0.29, 0.717) is 0 Å². The Balaban J connectivity index is -0.000000353. The summed E-state index contributed by atoms with van der Waals surface area (Å²) in [5, 5.41) is 10.2. The first-order chi connectivity index (χ1) is 9.59. The first-order valence-corrected chi connectivity index (χ1v) is 8.04. The molecular weight excluding hydrogens is 355 g/mol. The van der Waals surface area contributed by atoms with Crippen LogP contribution in [0.1, 0.15) is 20.8 Å². The molecule has 0 unspecified atom stereocenters. The van der Waals surface area contributed by atoms with Crippen LogP contribution in [-0.2, 0) is 10.1 Å². The molecule has 10 heteroatoms. The zero-order chi connectivity index (χ0) is 16.7. The zero-order valence-electron chi connectivity index (χ0n) is 14.2. The third kappa shape index (κ3) is 10.3. The number of nitro benzene ring substituents is 1. The fourth-order valence-corrected chi connectivity index (χ4v) is 1.93. The average Bonchev–Trinajstić information content (AvgIpc) is 2.46. The Morgan fingerprint density at radius 1 is 1.13 bits per heavy atom. The second kappa shape index (κ2) is 12.2. The van der Waals surface area contributed by atoms with E-state index in [4.69, 9.17) is 0 Å². The van der Waals surface area contributed by atoms with Crippen molar-refractivity contribution in [3.63, 3.8) is 0 Å². The van der Waals surface area contributed by atoms with Crippen LogP contribution in [0.2, 0.25) is 0 Å². The quantitative estimate of drug-likeness (QED) is 0.171. The van der Waals surface area contributed by atoms with E-state index in [0.717, 1.165) is 24.3 Å². The molecule has 0 radical (unpaired) electrons. The molecule has 0 bridgehead atoms. The third-order valence-electron chi connectivity index (χ3n) is 3.61. The summed E-state index contributed by atoms with van der Waals surface area (Å²) in [6.07, 6.45) is 0. The van der Waals surface area contributed by atoms with Crippen molar-refractivity contribution in [2.45, 2.75) is 25.7 Å². The number of rotatable bonds is 5. The Morgan fingerprint density at radius 2 is 1.57 bits per heavy atom. The van der Waals surface area contributed by atoms with Crippen molar-refractivity contribution in [2.24, 2.45) is 0 Å². The van der Waals surface area contributed by atoms with Crippen LogP contribution in [0.5, 0.6) is 0 Å². The molecule has 0 amide bonds. The SMILES string of the molecule is CC[N+](C)(CC)CC.O=[N+]([O-])c1cccc(S(=O)(=O)[O-])c1.[Cl-].[Na+]. The molecule has 0 heterocycles. The van der Waals surface area contributed by atoms with Crippen molar-refractivity contribution < 1.29 is 64.3 Å². The molecule has 23 heavy (non-hydrogen) atoms. The summed E-state index contributed by atoms with van der Waals surface area (Å²) >= 11 is 0. The van der Waals surface area contributed by atoms with E-state index in [1.165, 1.54) is 24.1 Å². The van der Waals surface area contributed by atoms with Gasteiger partial charge in [0.15, 0.2) is 0 Å². The van der Waals surface area contributed by atoms with Gasteiger partial charge in [0, 0.05) is 12.1 Å². The molecule has 1 aromatic rings. The standard InChI is InChI=1S/C7H18N.C6H5NO5S.ClH.Na/c1-5-8(4,6-2)7-3;8-7(9)5-2-1-3-6(4-5)13(10,11)12;;/h5-7H2,1-4H3;1-4H,(H,10,11,12);1H;/q+1;;;+1/p-2. The van der Waals surface area contributed by atoms with Crippen molar-refractivity contribution in [2.75, 3.05) is 26.7 Å². The molecule has 7 nitrogen and oxygen atoms in total. The van der Waals surface area contributed by atoms with Crippen molar-refractivity contribution in [1.82, 2.24) is 0 Å². The number of quaternary nitrogens is 1. The molecule has 0 spiro atoms. The molecule has 0 aliphatic rings. The Hall–Kier alpha value is -0.220. The van der Waals surface area contributed by atoms with Crippen LogP contribution in [0.25, 0.3) is 0 Å². The molecule has 0 saturated heterocycles. The van der Waals surface area contributed by atoms with Gasteiger partial charge in [-0.1, -0.05) is 6.07 Å². The summed E-state index contributed by atoms with van der Waals surface area (Å²) in [6.45, 7) is 10.5. The topological polar surface area (TPSA) is 100 Å². The summed E-state index contributed by atoms with van der Waals surface area (Å²) in [7, 11) is -2.32. The van der Waals surface area contributed by atoms with Crippen LogP contribution in [0.3, 0.4) is 0 Å². The van der Waals surface area contributed by atoms with Gasteiger partial charge in [0.25, 0.3) is 5.69 Å². The molecule has 0 saturated carbocycles. The summed E-state index contributed by atoms with van der Waals surface area (Å²) in [5.74, 6) is 0. The minimum atomic E-state index is -4.61. The monoisotopic (exact) mass is 376 g/mol. The second-order valence-corrected chi connectivity index (χ2v) is 6.16. The number of hydrogen-bond acceptors (Lipinski definition) is 5. The van der Waals surface area contributed by atoms with E-state index in [-0.39, 0.29) is 42.0 Å². The summed E-state index contributed by atoms with van der Waals surface area (Å²) in [5.41, 5.74) is -0.420. The predicted octanol–water partition coefficient (Wildman–Crippen LogP) is -4.00. The molecule has 0 aliphatic carbocycles. The fourth-order valence-electron chi connectivity index (χ4n) is 1.42. The predicted molar refractivity (Wildman–Crippen MR) is 78.9 cm³/mol. The maximum absolute atomic E-state index is 10.4. The number of benzene rings is 1. The van der Waals surface area contributed by atoms with Crippen LogP contribution in [-0.4, -0.2) is 49.1 Å². The fraction of sp³-hybridized carbons (Fsp3) is 0.538. The van der Waals surface area contributed by atoms with Gasteiger partial charge in [0.1, 0.15) is 10.1 Å². The summed E-state index contributed by atoms with van der Waals surface area (Å²) in [4.78, 5) is 8.82. The molecular formula is C13H22ClN2NaO5S. The van der Waals surface area contributed by atoms with Crippen molar-refractivity contribution in [3.05, 3.63) is 34.4 Å². The second-order valence-electron chi connectivity index (χ2n) is 4.78. The normalized spacial score (nSPS) is 10.5. The number of halogens is 1. The van der Waals surface area contributed by atoms with Crippen molar-refractivity contribution in [3.8, 4) is 0 Å². The van der Waals surface area contributed by atoms with E-state index in [2.05, 4.69) is 27.8 Å². The van der Waals surface area contributed by atoms with Crippen LogP contribution in [0.15, 0.2) is 29.2 Å². The molecule has 1 rings (SSSR count). The van der Waals surface area contributed by atoms with E-state index in [1.54, 1.807) is 0 Å². The van der Waals surface area contributed by atoms with E-state index in [1.807, 2.05) is 0 Å². The van der Waals surface area contributed by atoms with E-state index < -0.39 is 25.6 Å². The molecule has 0 aromatic heterocycles. The van der Waals surface area contributed by atoms with Crippen LogP contribution >= 0.6 is 0 Å². The van der Waals surface area contributed by atoms with Gasteiger partial charge in [-0.25, -0.2) is 8.42 Å². The minimum absolute atomic E-state index is 0. The number of nitrogens with zero attached hydrogens (tertiary/aromatic N) is 2. The number of nitro groups is 1. The first-order valence-electron chi connectivity index (χ1n) is 6.63. The Bertz CT molecular complexity index is 571. The molecule has 0 fully saturated rings. The van der Waals surface area contributed by atoms with Crippen LogP contribution in [0, 0.1) is 10.1 Å². The molecule has 0 N–H and O–H groups in total. The van der Waals surface area contributed by atoms with Crippen LogP contribution < -0.4 is 42.0 Å². The Kier molecular flexibility index (Phi) is 14.6. The van der Waals surface area contributed by atoms with Gasteiger partial charge < -0.3 is 21.4 Å². The smallest absolute Gasteiger partial charge is 1.00 e. The van der Waals surface area contributed by atoms with E-state index >= 15 is 0 Å². The van der Waals surface area contributed by atoms with Gasteiger partial charge in [-0.05, 0) is 26.8 Å². The molecule has 1 aromatic carbocycles. The van der Waals surface area contributed by atoms with Gasteiger partial charge in [0.05, 0.1) is 36.5 Å². The van der Waals surface area contributed by atoms with Gasteiger partial charge in [0.2, 0.25) is 0 Å². The number of non-ortho nitro benzene ring substituents is 1. The van der Waals surface area contributed by atoms with Crippen molar-refractivity contribution in [1.29, 1.82) is 0 Å². The summed E-state index contributed by atoms with van der Waals surface area (Å²) < 4.78 is 32.5. The average molecular weight is 377 g/mol. The van der Waals surface area contributed by atoms with E-state index in [9.17, 15) is 23.1 Å². The summed E-state index contributed by atoms with van der Waals surface area (Å²) in [6, 6.07) is 3.98. The first kappa shape index (κ1) is 27.6.